The molecule has 6 nitrogen and oxygen atoms in total. The molecule has 0 atom stereocenters. The molecule has 1 aliphatic heterocycles. The summed E-state index contributed by atoms with van der Waals surface area (Å²) in [7, 11) is 0. The highest BCUT2D eigenvalue weighted by molar-refractivity contribution is 6.04. The number of primary amides is 1. The minimum absolute atomic E-state index is 0.182. The molecule has 0 aliphatic carbocycles. The Morgan fingerprint density at radius 1 is 1.13 bits per heavy atom. The fraction of sp³-hybridized carbons (Fsp3) is 0.176. The number of urea groups is 1. The number of carbonyl (C=O) groups is 2. The van der Waals surface area contributed by atoms with E-state index in [2.05, 4.69) is 10.6 Å². The zero-order valence-electron chi connectivity index (χ0n) is 12.5. The number of benzene rings is 2. The summed E-state index contributed by atoms with van der Waals surface area (Å²) in [5.74, 6) is 0.701. The predicted molar refractivity (Wildman–Crippen MR) is 86.5 cm³/mol. The monoisotopic (exact) mass is 311 g/mol. The van der Waals surface area contributed by atoms with Crippen molar-refractivity contribution in [3.8, 4) is 5.75 Å². The Bertz CT molecular complexity index is 741. The van der Waals surface area contributed by atoms with Gasteiger partial charge < -0.3 is 21.1 Å². The van der Waals surface area contributed by atoms with E-state index >= 15 is 0 Å². The zero-order chi connectivity index (χ0) is 16.2. The fourth-order valence-corrected chi connectivity index (χ4v) is 2.43. The highest BCUT2D eigenvalue weighted by Gasteiger charge is 2.13. The molecule has 4 N–H and O–H groups in total. The minimum Gasteiger partial charge on any atom is -0.493 e. The van der Waals surface area contributed by atoms with Gasteiger partial charge in [0.2, 0.25) is 0 Å². The second-order valence-corrected chi connectivity index (χ2v) is 5.29. The van der Waals surface area contributed by atoms with Crippen molar-refractivity contribution in [2.75, 3.05) is 11.9 Å². The lowest BCUT2D eigenvalue weighted by Crippen LogP contribution is -2.28. The highest BCUT2D eigenvalue weighted by Crippen LogP contribution is 2.28. The molecule has 2 aromatic carbocycles. The molecule has 3 rings (SSSR count). The molecular formula is C17H17N3O3. The van der Waals surface area contributed by atoms with Crippen LogP contribution >= 0.6 is 0 Å². The average Bonchev–Trinajstić information content (AvgIpc) is 3.01. The van der Waals surface area contributed by atoms with E-state index in [-0.39, 0.29) is 5.91 Å². The molecule has 1 aliphatic rings. The van der Waals surface area contributed by atoms with E-state index in [4.69, 9.17) is 10.5 Å². The number of rotatable bonds is 4. The smallest absolute Gasteiger partial charge is 0.312 e. The van der Waals surface area contributed by atoms with Gasteiger partial charge in [-0.1, -0.05) is 12.1 Å². The van der Waals surface area contributed by atoms with Crippen LogP contribution < -0.4 is 21.1 Å². The molecule has 0 spiro atoms. The maximum Gasteiger partial charge on any atom is 0.312 e. The van der Waals surface area contributed by atoms with Crippen LogP contribution in [-0.4, -0.2) is 18.5 Å². The van der Waals surface area contributed by atoms with Gasteiger partial charge in [0.05, 0.1) is 6.61 Å². The molecule has 0 saturated heterocycles. The molecule has 0 bridgehead atoms. The average molecular weight is 311 g/mol. The molecule has 23 heavy (non-hydrogen) atoms. The summed E-state index contributed by atoms with van der Waals surface area (Å²) in [4.78, 5) is 22.9. The number of amides is 3. The lowest BCUT2D eigenvalue weighted by molar-refractivity contribution is 0.102. The van der Waals surface area contributed by atoms with E-state index < -0.39 is 6.03 Å². The van der Waals surface area contributed by atoms with E-state index in [9.17, 15) is 9.59 Å². The molecule has 2 aromatic rings. The second kappa shape index (κ2) is 6.39. The normalized spacial score (nSPS) is 12.2. The molecule has 6 heteroatoms. The van der Waals surface area contributed by atoms with Gasteiger partial charge in [0.25, 0.3) is 5.91 Å². The third-order valence-corrected chi connectivity index (χ3v) is 3.63. The van der Waals surface area contributed by atoms with Gasteiger partial charge in [-0.2, -0.15) is 0 Å². The zero-order valence-corrected chi connectivity index (χ0v) is 12.5. The summed E-state index contributed by atoms with van der Waals surface area (Å²) in [6, 6.07) is 12.0. The Morgan fingerprint density at radius 3 is 2.65 bits per heavy atom. The third-order valence-electron chi connectivity index (χ3n) is 3.63. The number of nitrogens with two attached hydrogens (primary N) is 1. The van der Waals surface area contributed by atoms with E-state index in [1.54, 1.807) is 24.3 Å². The molecule has 1 heterocycles. The largest absolute Gasteiger partial charge is 0.493 e. The molecule has 0 unspecified atom stereocenters. The van der Waals surface area contributed by atoms with Crippen molar-refractivity contribution in [1.29, 1.82) is 0 Å². The molecule has 0 fully saturated rings. The van der Waals surface area contributed by atoms with Gasteiger partial charge in [-0.25, -0.2) is 4.79 Å². The number of anilines is 1. The number of ether oxygens (including phenoxy) is 1. The van der Waals surface area contributed by atoms with Crippen molar-refractivity contribution < 1.29 is 14.3 Å². The SMILES string of the molecule is NC(=O)NCc1ccc(C(=O)Nc2ccc3c(c2)CCO3)cc1. The van der Waals surface area contributed by atoms with Gasteiger partial charge in [0.15, 0.2) is 0 Å². The number of nitrogens with one attached hydrogen (secondary N) is 2. The minimum atomic E-state index is -0.576. The van der Waals surface area contributed by atoms with Crippen LogP contribution in [0.1, 0.15) is 21.5 Å². The first-order valence-electron chi connectivity index (χ1n) is 7.31. The number of fused-ring (bicyclic) bond motifs is 1. The van der Waals surface area contributed by atoms with Crippen LogP contribution in [0.2, 0.25) is 0 Å². The summed E-state index contributed by atoms with van der Waals surface area (Å²) >= 11 is 0. The first kappa shape index (κ1) is 14.9. The number of hydrogen-bond donors (Lipinski definition) is 3. The molecule has 3 amide bonds. The summed E-state index contributed by atoms with van der Waals surface area (Å²) in [6.07, 6.45) is 0.862. The van der Waals surface area contributed by atoms with Crippen LogP contribution in [0.4, 0.5) is 10.5 Å². The Morgan fingerprint density at radius 2 is 1.91 bits per heavy atom. The van der Waals surface area contributed by atoms with Crippen molar-refractivity contribution in [3.63, 3.8) is 0 Å². The third kappa shape index (κ3) is 3.60. The first-order valence-corrected chi connectivity index (χ1v) is 7.31. The number of hydrogen-bond acceptors (Lipinski definition) is 3. The summed E-state index contributed by atoms with van der Waals surface area (Å²) < 4.78 is 5.44. The van der Waals surface area contributed by atoms with Gasteiger partial charge in [-0.05, 0) is 41.5 Å². The van der Waals surface area contributed by atoms with Gasteiger partial charge in [-0.3, -0.25) is 4.79 Å². The van der Waals surface area contributed by atoms with Crippen molar-refractivity contribution in [3.05, 3.63) is 59.2 Å². The van der Waals surface area contributed by atoms with Crippen LogP contribution in [0.3, 0.4) is 0 Å². The van der Waals surface area contributed by atoms with Crippen LogP contribution in [0.15, 0.2) is 42.5 Å². The molecule has 0 aromatic heterocycles. The van der Waals surface area contributed by atoms with Gasteiger partial charge in [0, 0.05) is 24.2 Å². The Labute approximate surface area is 133 Å². The standard InChI is InChI=1S/C17H17N3O3/c18-17(22)19-10-11-1-3-12(4-2-11)16(21)20-14-5-6-15-13(9-14)7-8-23-15/h1-6,9H,7-8,10H2,(H,20,21)(H3,18,19,22). The number of carbonyl (C=O) groups excluding carboxylic acids is 2. The quantitative estimate of drug-likeness (QED) is 0.806. The summed E-state index contributed by atoms with van der Waals surface area (Å²) in [5, 5.41) is 5.37. The van der Waals surface area contributed by atoms with E-state index in [0.717, 1.165) is 29.0 Å². The fourth-order valence-electron chi connectivity index (χ4n) is 2.43. The van der Waals surface area contributed by atoms with E-state index in [1.165, 1.54) is 0 Å². The van der Waals surface area contributed by atoms with Gasteiger partial charge in [0.1, 0.15) is 5.75 Å². The van der Waals surface area contributed by atoms with Crippen LogP contribution in [-0.2, 0) is 13.0 Å². The Hall–Kier alpha value is -3.02. The van der Waals surface area contributed by atoms with Crippen molar-refractivity contribution in [2.24, 2.45) is 5.73 Å². The summed E-state index contributed by atoms with van der Waals surface area (Å²) in [5.41, 5.74) is 8.29. The first-order chi connectivity index (χ1) is 11.1. The van der Waals surface area contributed by atoms with Crippen molar-refractivity contribution in [2.45, 2.75) is 13.0 Å². The predicted octanol–water partition coefficient (Wildman–Crippen LogP) is 2.04. The highest BCUT2D eigenvalue weighted by atomic mass is 16.5. The lowest BCUT2D eigenvalue weighted by Gasteiger charge is -2.08. The van der Waals surface area contributed by atoms with Gasteiger partial charge >= 0.3 is 6.03 Å². The van der Waals surface area contributed by atoms with Crippen LogP contribution in [0.25, 0.3) is 0 Å². The van der Waals surface area contributed by atoms with Crippen molar-refractivity contribution in [1.82, 2.24) is 5.32 Å². The van der Waals surface area contributed by atoms with Gasteiger partial charge in [-0.15, -0.1) is 0 Å². The van der Waals surface area contributed by atoms with E-state index in [0.29, 0.717) is 18.7 Å². The Balaban J connectivity index is 1.65. The molecule has 0 saturated carbocycles. The molecule has 0 radical (unpaired) electrons. The van der Waals surface area contributed by atoms with Crippen LogP contribution in [0.5, 0.6) is 5.75 Å². The van der Waals surface area contributed by atoms with Crippen molar-refractivity contribution >= 4 is 17.6 Å². The Kier molecular flexibility index (Phi) is 4.14. The molecule has 118 valence electrons. The van der Waals surface area contributed by atoms with E-state index in [1.807, 2.05) is 18.2 Å². The maximum absolute atomic E-state index is 12.3. The lowest BCUT2D eigenvalue weighted by atomic mass is 10.1. The molecular weight excluding hydrogens is 294 g/mol. The maximum atomic E-state index is 12.3. The second-order valence-electron chi connectivity index (χ2n) is 5.29. The summed E-state index contributed by atoms with van der Waals surface area (Å²) in [6.45, 7) is 1.02. The topological polar surface area (TPSA) is 93.5 Å². The van der Waals surface area contributed by atoms with Crippen LogP contribution in [0, 0.1) is 0 Å².